The predicted octanol–water partition coefficient (Wildman–Crippen LogP) is 3.26. The van der Waals surface area contributed by atoms with Gasteiger partial charge in [0, 0.05) is 33.7 Å². The van der Waals surface area contributed by atoms with Crippen LogP contribution in [-0.4, -0.2) is 28.4 Å². The minimum Gasteiger partial charge on any atom is -0.387 e. The van der Waals surface area contributed by atoms with Crippen molar-refractivity contribution >= 4 is 51.6 Å². The summed E-state index contributed by atoms with van der Waals surface area (Å²) in [5.74, 6) is -1.68. The van der Waals surface area contributed by atoms with E-state index in [2.05, 4.69) is 15.6 Å². The number of anilines is 1. The van der Waals surface area contributed by atoms with Crippen molar-refractivity contribution in [2.75, 3.05) is 11.9 Å². The molecule has 0 bridgehead atoms. The summed E-state index contributed by atoms with van der Waals surface area (Å²) >= 11 is 11.8. The molecule has 1 atom stereocenters. The number of hydrogen-bond donors (Lipinski definition) is 4. The van der Waals surface area contributed by atoms with Crippen LogP contribution in [0.5, 0.6) is 0 Å². The van der Waals surface area contributed by atoms with Crippen LogP contribution in [0.1, 0.15) is 11.7 Å². The maximum Gasteiger partial charge on any atom is 0.313 e. The molecule has 0 spiro atoms. The number of rotatable bonds is 4. The van der Waals surface area contributed by atoms with Gasteiger partial charge in [0.05, 0.1) is 11.8 Å². The number of H-pyrrole nitrogens is 1. The van der Waals surface area contributed by atoms with Gasteiger partial charge in [-0.2, -0.15) is 0 Å². The number of aliphatic hydroxyl groups is 1. The van der Waals surface area contributed by atoms with E-state index in [4.69, 9.17) is 23.2 Å². The lowest BCUT2D eigenvalue weighted by Crippen LogP contribution is -2.37. The number of carbonyl (C=O) groups excluding carboxylic acids is 2. The van der Waals surface area contributed by atoms with Gasteiger partial charge in [0.15, 0.2) is 0 Å². The van der Waals surface area contributed by atoms with Gasteiger partial charge in [-0.15, -0.1) is 0 Å². The first-order valence-corrected chi connectivity index (χ1v) is 8.49. The molecule has 2 aromatic carbocycles. The summed E-state index contributed by atoms with van der Waals surface area (Å²) in [4.78, 5) is 27.1. The molecule has 0 aliphatic carbocycles. The van der Waals surface area contributed by atoms with Gasteiger partial charge in [-0.3, -0.25) is 9.59 Å². The Morgan fingerprint density at radius 2 is 1.81 bits per heavy atom. The quantitative estimate of drug-likeness (QED) is 0.514. The third kappa shape index (κ3) is 4.16. The molecule has 8 heteroatoms. The third-order valence-corrected chi connectivity index (χ3v) is 4.21. The minimum atomic E-state index is -1.05. The van der Waals surface area contributed by atoms with Gasteiger partial charge >= 0.3 is 11.8 Å². The Bertz CT molecular complexity index is 951. The first-order valence-electron chi connectivity index (χ1n) is 7.73. The Kier molecular flexibility index (Phi) is 5.46. The van der Waals surface area contributed by atoms with Crippen molar-refractivity contribution in [1.82, 2.24) is 10.3 Å². The van der Waals surface area contributed by atoms with Crippen molar-refractivity contribution in [3.8, 4) is 0 Å². The number of nitrogens with one attached hydrogen (secondary N) is 3. The Morgan fingerprint density at radius 1 is 1.08 bits per heavy atom. The lowest BCUT2D eigenvalue weighted by atomic mass is 10.1. The monoisotopic (exact) mass is 391 g/mol. The molecule has 1 aromatic heterocycles. The maximum atomic E-state index is 12.1. The van der Waals surface area contributed by atoms with E-state index < -0.39 is 17.9 Å². The first kappa shape index (κ1) is 18.3. The van der Waals surface area contributed by atoms with Crippen molar-refractivity contribution in [1.29, 1.82) is 0 Å². The number of carbonyl (C=O) groups is 2. The molecule has 3 aromatic rings. The highest BCUT2D eigenvalue weighted by Crippen LogP contribution is 2.24. The lowest BCUT2D eigenvalue weighted by molar-refractivity contribution is -0.136. The summed E-state index contributed by atoms with van der Waals surface area (Å²) in [5, 5.41) is 16.6. The fraction of sp³-hybridized carbons (Fsp3) is 0.111. The number of amides is 2. The summed E-state index contributed by atoms with van der Waals surface area (Å²) < 4.78 is 0. The SMILES string of the molecule is O=C(NCC(O)c1cc(Cl)cc(Cl)c1)C(=O)Nc1cccc2[nH]ccc12. The molecule has 1 heterocycles. The zero-order chi connectivity index (χ0) is 18.7. The smallest absolute Gasteiger partial charge is 0.313 e. The highest BCUT2D eigenvalue weighted by molar-refractivity contribution is 6.40. The summed E-state index contributed by atoms with van der Waals surface area (Å²) in [6.07, 6.45) is 0.698. The maximum absolute atomic E-state index is 12.1. The predicted molar refractivity (Wildman–Crippen MR) is 101 cm³/mol. The molecular weight excluding hydrogens is 377 g/mol. The van der Waals surface area contributed by atoms with E-state index in [0.29, 0.717) is 21.3 Å². The van der Waals surface area contributed by atoms with Crippen LogP contribution in [0.3, 0.4) is 0 Å². The van der Waals surface area contributed by atoms with Crippen LogP contribution in [0, 0.1) is 0 Å². The van der Waals surface area contributed by atoms with Gasteiger partial charge in [-0.05, 0) is 42.0 Å². The molecule has 6 nitrogen and oxygen atoms in total. The molecule has 0 aliphatic rings. The normalized spacial score (nSPS) is 12.0. The van der Waals surface area contributed by atoms with Crippen molar-refractivity contribution in [3.63, 3.8) is 0 Å². The van der Waals surface area contributed by atoms with Crippen LogP contribution in [0.25, 0.3) is 10.9 Å². The fourth-order valence-corrected chi connectivity index (χ4v) is 3.07. The number of hydrogen-bond acceptors (Lipinski definition) is 3. The van der Waals surface area contributed by atoms with Crippen LogP contribution < -0.4 is 10.6 Å². The number of aromatic nitrogens is 1. The van der Waals surface area contributed by atoms with Crippen LogP contribution in [0.15, 0.2) is 48.7 Å². The van der Waals surface area contributed by atoms with E-state index in [1.165, 1.54) is 18.2 Å². The highest BCUT2D eigenvalue weighted by atomic mass is 35.5. The molecule has 0 fully saturated rings. The van der Waals surface area contributed by atoms with E-state index in [0.717, 1.165) is 10.9 Å². The summed E-state index contributed by atoms with van der Waals surface area (Å²) in [7, 11) is 0. The Labute approximate surface area is 159 Å². The standard InChI is InChI=1S/C18H15Cl2N3O3/c19-11-6-10(7-12(20)8-11)16(24)9-22-17(25)18(26)23-15-3-1-2-14-13(15)4-5-21-14/h1-8,16,21,24H,9H2,(H,22,25)(H,23,26). The molecule has 0 saturated heterocycles. The van der Waals surface area contributed by atoms with Gasteiger partial charge in [0.1, 0.15) is 0 Å². The number of aromatic amines is 1. The lowest BCUT2D eigenvalue weighted by Gasteiger charge is -2.13. The summed E-state index contributed by atoms with van der Waals surface area (Å²) in [6, 6.07) is 11.7. The Balaban J connectivity index is 1.61. The second-order valence-corrected chi connectivity index (χ2v) is 6.50. The van der Waals surface area contributed by atoms with Crippen LogP contribution in [0.2, 0.25) is 10.0 Å². The molecular formula is C18H15Cl2N3O3. The third-order valence-electron chi connectivity index (χ3n) is 3.78. The van der Waals surface area contributed by atoms with E-state index in [1.807, 2.05) is 6.07 Å². The second kappa shape index (κ2) is 7.78. The van der Waals surface area contributed by atoms with Crippen molar-refractivity contribution in [3.05, 3.63) is 64.3 Å². The van der Waals surface area contributed by atoms with Gasteiger partial charge in [-0.1, -0.05) is 29.3 Å². The Morgan fingerprint density at radius 3 is 2.54 bits per heavy atom. The van der Waals surface area contributed by atoms with Crippen LogP contribution in [0.4, 0.5) is 5.69 Å². The molecule has 134 valence electrons. The molecule has 0 saturated carbocycles. The molecule has 2 amide bonds. The van der Waals surface area contributed by atoms with Gasteiger partial charge in [0.2, 0.25) is 0 Å². The summed E-state index contributed by atoms with van der Waals surface area (Å²) in [5.41, 5.74) is 1.81. The van der Waals surface area contributed by atoms with Crippen LogP contribution in [-0.2, 0) is 9.59 Å². The van der Waals surface area contributed by atoms with Crippen molar-refractivity contribution in [2.24, 2.45) is 0 Å². The van der Waals surface area contributed by atoms with E-state index in [9.17, 15) is 14.7 Å². The van der Waals surface area contributed by atoms with Gasteiger partial charge in [-0.25, -0.2) is 0 Å². The molecule has 0 aliphatic heterocycles. The van der Waals surface area contributed by atoms with Crippen LogP contribution >= 0.6 is 23.2 Å². The van der Waals surface area contributed by atoms with E-state index in [1.54, 1.807) is 24.4 Å². The van der Waals surface area contributed by atoms with Crippen molar-refractivity contribution < 1.29 is 14.7 Å². The molecule has 0 radical (unpaired) electrons. The molecule has 1 unspecified atom stereocenters. The number of aliphatic hydroxyl groups excluding tert-OH is 1. The molecule has 3 rings (SSSR count). The highest BCUT2D eigenvalue weighted by Gasteiger charge is 2.17. The van der Waals surface area contributed by atoms with Crippen molar-refractivity contribution in [2.45, 2.75) is 6.10 Å². The molecule has 26 heavy (non-hydrogen) atoms. The van der Waals surface area contributed by atoms with E-state index in [-0.39, 0.29) is 6.54 Å². The molecule has 4 N–H and O–H groups in total. The zero-order valence-electron chi connectivity index (χ0n) is 13.4. The Hall–Kier alpha value is -2.54. The summed E-state index contributed by atoms with van der Waals surface area (Å²) in [6.45, 7) is -0.155. The van der Waals surface area contributed by atoms with E-state index >= 15 is 0 Å². The largest absolute Gasteiger partial charge is 0.387 e. The second-order valence-electron chi connectivity index (χ2n) is 5.63. The minimum absolute atomic E-state index is 0.155. The van der Waals surface area contributed by atoms with Gasteiger partial charge < -0.3 is 20.7 Å². The number of benzene rings is 2. The number of fused-ring (bicyclic) bond motifs is 1. The fourth-order valence-electron chi connectivity index (χ4n) is 2.53. The average Bonchev–Trinajstić information content (AvgIpc) is 3.08. The topological polar surface area (TPSA) is 94.2 Å². The van der Waals surface area contributed by atoms with Gasteiger partial charge in [0.25, 0.3) is 0 Å². The first-order chi connectivity index (χ1) is 12.4. The zero-order valence-corrected chi connectivity index (χ0v) is 14.9. The number of halogens is 2. The average molecular weight is 392 g/mol.